The van der Waals surface area contributed by atoms with Crippen LogP contribution in [0.4, 0.5) is 0 Å². The highest BCUT2D eigenvalue weighted by atomic mass is 32.1. The van der Waals surface area contributed by atoms with E-state index in [0.717, 1.165) is 18.9 Å². The van der Waals surface area contributed by atoms with E-state index in [2.05, 4.69) is 53.3 Å². The van der Waals surface area contributed by atoms with Gasteiger partial charge in [-0.2, -0.15) is 11.3 Å². The molecule has 0 saturated heterocycles. The summed E-state index contributed by atoms with van der Waals surface area (Å²) in [6.07, 6.45) is 3.88. The maximum absolute atomic E-state index is 3.61. The van der Waals surface area contributed by atoms with Crippen LogP contribution in [0.1, 0.15) is 42.4 Å². The van der Waals surface area contributed by atoms with E-state index in [0.29, 0.717) is 6.04 Å². The fourth-order valence-corrected chi connectivity index (χ4v) is 3.13. The maximum atomic E-state index is 3.61. The van der Waals surface area contributed by atoms with Crippen molar-refractivity contribution in [2.24, 2.45) is 0 Å². The molecule has 0 radical (unpaired) electrons. The Hall–Kier alpha value is -1.12. The molecule has 1 saturated carbocycles. The van der Waals surface area contributed by atoms with Gasteiger partial charge in [-0.15, -0.1) is 0 Å². The predicted octanol–water partition coefficient (Wildman–Crippen LogP) is 4.35. The molecule has 0 aliphatic heterocycles. The van der Waals surface area contributed by atoms with Crippen LogP contribution in [-0.4, -0.2) is 6.04 Å². The first kappa shape index (κ1) is 12.9. The van der Waals surface area contributed by atoms with Gasteiger partial charge in [-0.05, 0) is 65.6 Å². The Balaban J connectivity index is 1.48. The van der Waals surface area contributed by atoms with Gasteiger partial charge in [-0.1, -0.05) is 24.3 Å². The largest absolute Gasteiger partial charge is 0.310 e. The number of rotatable bonds is 6. The molecule has 1 heterocycles. The molecule has 1 fully saturated rings. The third-order valence-electron chi connectivity index (χ3n) is 3.81. The Morgan fingerprint density at radius 3 is 2.58 bits per heavy atom. The molecule has 1 unspecified atom stereocenters. The molecule has 0 bridgehead atoms. The lowest BCUT2D eigenvalue weighted by Gasteiger charge is -2.13. The zero-order valence-corrected chi connectivity index (χ0v) is 12.2. The van der Waals surface area contributed by atoms with Gasteiger partial charge in [0.1, 0.15) is 0 Å². The zero-order chi connectivity index (χ0) is 13.1. The minimum atomic E-state index is 0.526. The number of thiophene rings is 1. The molecule has 0 spiro atoms. The average Bonchev–Trinajstić information content (AvgIpc) is 3.16. The molecule has 2 heteroatoms. The van der Waals surface area contributed by atoms with Gasteiger partial charge < -0.3 is 5.32 Å². The number of nitrogens with one attached hydrogen (secondary N) is 1. The summed E-state index contributed by atoms with van der Waals surface area (Å²) in [5.74, 6) is 0.861. The Morgan fingerprint density at radius 2 is 1.95 bits per heavy atom. The summed E-state index contributed by atoms with van der Waals surface area (Å²) in [7, 11) is 0. The number of hydrogen-bond acceptors (Lipinski definition) is 2. The Bertz CT molecular complexity index is 497. The van der Waals surface area contributed by atoms with Gasteiger partial charge in [0.05, 0.1) is 0 Å². The minimum absolute atomic E-state index is 0.526. The van der Waals surface area contributed by atoms with E-state index in [4.69, 9.17) is 0 Å². The fourth-order valence-electron chi connectivity index (χ4n) is 2.45. The Labute approximate surface area is 119 Å². The molecule has 1 aliphatic carbocycles. The first-order chi connectivity index (χ1) is 9.31. The Morgan fingerprint density at radius 1 is 1.16 bits per heavy atom. The molecule has 3 rings (SSSR count). The summed E-state index contributed by atoms with van der Waals surface area (Å²) in [4.78, 5) is 0. The standard InChI is InChI=1S/C17H21NS/c1-13(10-15-8-9-19-12-15)18-11-14-2-4-16(5-3-14)17-6-7-17/h2-5,8-9,12-13,17-18H,6-7,10-11H2,1H3. The SMILES string of the molecule is CC(Cc1ccsc1)NCc1ccc(C2CC2)cc1. The van der Waals surface area contributed by atoms with Gasteiger partial charge in [0, 0.05) is 12.6 Å². The maximum Gasteiger partial charge on any atom is 0.0208 e. The van der Waals surface area contributed by atoms with Gasteiger partial charge in [0.25, 0.3) is 0 Å². The van der Waals surface area contributed by atoms with E-state index in [1.54, 1.807) is 11.3 Å². The summed E-state index contributed by atoms with van der Waals surface area (Å²) in [5.41, 5.74) is 4.35. The second-order valence-corrected chi connectivity index (χ2v) is 6.41. The topological polar surface area (TPSA) is 12.0 Å². The van der Waals surface area contributed by atoms with Crippen LogP contribution in [0.25, 0.3) is 0 Å². The highest BCUT2D eigenvalue weighted by molar-refractivity contribution is 7.07. The van der Waals surface area contributed by atoms with Crippen molar-refractivity contribution in [3.8, 4) is 0 Å². The van der Waals surface area contributed by atoms with Crippen LogP contribution in [-0.2, 0) is 13.0 Å². The highest BCUT2D eigenvalue weighted by Crippen LogP contribution is 2.39. The lowest BCUT2D eigenvalue weighted by Crippen LogP contribution is -2.27. The summed E-state index contributed by atoms with van der Waals surface area (Å²) in [5, 5.41) is 8.00. The van der Waals surface area contributed by atoms with Crippen LogP contribution < -0.4 is 5.32 Å². The third kappa shape index (κ3) is 3.68. The zero-order valence-electron chi connectivity index (χ0n) is 11.4. The fraction of sp³-hybridized carbons (Fsp3) is 0.412. The smallest absolute Gasteiger partial charge is 0.0208 e. The predicted molar refractivity (Wildman–Crippen MR) is 82.7 cm³/mol. The van der Waals surface area contributed by atoms with Crippen LogP contribution in [0.15, 0.2) is 41.1 Å². The molecule has 19 heavy (non-hydrogen) atoms. The lowest BCUT2D eigenvalue weighted by molar-refractivity contribution is 0.546. The number of benzene rings is 1. The van der Waals surface area contributed by atoms with Gasteiger partial charge in [-0.25, -0.2) is 0 Å². The Kier molecular flexibility index (Phi) is 4.00. The van der Waals surface area contributed by atoms with Crippen molar-refractivity contribution >= 4 is 11.3 Å². The minimum Gasteiger partial charge on any atom is -0.310 e. The molecule has 0 amide bonds. The summed E-state index contributed by atoms with van der Waals surface area (Å²) in [6.45, 7) is 3.23. The van der Waals surface area contributed by atoms with Crippen LogP contribution >= 0.6 is 11.3 Å². The average molecular weight is 271 g/mol. The van der Waals surface area contributed by atoms with E-state index < -0.39 is 0 Å². The third-order valence-corrected chi connectivity index (χ3v) is 4.54. The molecule has 2 aromatic rings. The molecule has 1 N–H and O–H groups in total. The summed E-state index contributed by atoms with van der Waals surface area (Å²) in [6, 6.07) is 11.9. The molecular formula is C17H21NS. The van der Waals surface area contributed by atoms with E-state index in [-0.39, 0.29) is 0 Å². The molecule has 1 aromatic carbocycles. The van der Waals surface area contributed by atoms with Crippen molar-refractivity contribution in [3.63, 3.8) is 0 Å². The monoisotopic (exact) mass is 271 g/mol. The second-order valence-electron chi connectivity index (χ2n) is 5.63. The molecule has 1 nitrogen and oxygen atoms in total. The van der Waals surface area contributed by atoms with Gasteiger partial charge >= 0.3 is 0 Å². The van der Waals surface area contributed by atoms with Crippen molar-refractivity contribution in [1.29, 1.82) is 0 Å². The van der Waals surface area contributed by atoms with E-state index in [1.807, 2.05) is 0 Å². The van der Waals surface area contributed by atoms with Crippen LogP contribution in [0.5, 0.6) is 0 Å². The van der Waals surface area contributed by atoms with Gasteiger partial charge in [-0.3, -0.25) is 0 Å². The second kappa shape index (κ2) is 5.89. The van der Waals surface area contributed by atoms with Crippen LogP contribution in [0.3, 0.4) is 0 Å². The first-order valence-corrected chi connectivity index (χ1v) is 8.09. The first-order valence-electron chi connectivity index (χ1n) is 7.14. The molecular weight excluding hydrogens is 250 g/mol. The van der Waals surface area contributed by atoms with Gasteiger partial charge in [0.2, 0.25) is 0 Å². The highest BCUT2D eigenvalue weighted by Gasteiger charge is 2.22. The normalized spacial score (nSPS) is 16.5. The van der Waals surface area contributed by atoms with Crippen LogP contribution in [0, 0.1) is 0 Å². The van der Waals surface area contributed by atoms with E-state index in [1.165, 1.54) is 29.5 Å². The summed E-state index contributed by atoms with van der Waals surface area (Å²) >= 11 is 1.78. The van der Waals surface area contributed by atoms with Crippen molar-refractivity contribution in [1.82, 2.24) is 5.32 Å². The van der Waals surface area contributed by atoms with E-state index in [9.17, 15) is 0 Å². The van der Waals surface area contributed by atoms with Crippen molar-refractivity contribution in [2.75, 3.05) is 0 Å². The molecule has 1 aliphatic rings. The summed E-state index contributed by atoms with van der Waals surface area (Å²) < 4.78 is 0. The quantitative estimate of drug-likeness (QED) is 0.824. The van der Waals surface area contributed by atoms with Gasteiger partial charge in [0.15, 0.2) is 0 Å². The van der Waals surface area contributed by atoms with E-state index >= 15 is 0 Å². The van der Waals surface area contributed by atoms with Crippen molar-refractivity contribution < 1.29 is 0 Å². The molecule has 1 aromatic heterocycles. The molecule has 1 atom stereocenters. The van der Waals surface area contributed by atoms with Crippen molar-refractivity contribution in [3.05, 3.63) is 57.8 Å². The number of hydrogen-bond donors (Lipinski definition) is 1. The van der Waals surface area contributed by atoms with Crippen LogP contribution in [0.2, 0.25) is 0 Å². The molecule has 100 valence electrons. The van der Waals surface area contributed by atoms with Crippen molar-refractivity contribution in [2.45, 2.75) is 44.7 Å². The lowest BCUT2D eigenvalue weighted by atomic mass is 10.1.